The molecule has 5 saturated heterocycles. The van der Waals surface area contributed by atoms with E-state index in [4.69, 9.17) is 27.9 Å². The third-order valence-corrected chi connectivity index (χ3v) is 11.2. The molecule has 9 nitrogen and oxygen atoms in total. The van der Waals surface area contributed by atoms with Crippen molar-refractivity contribution in [2.24, 2.45) is 17.8 Å². The third-order valence-electron chi connectivity index (χ3n) is 9.01. The SMILES string of the molecule is COC1CNC(Cl)CC1C1CC(C)NCC1C(=O)NC1NC2CN(C(=O)C3NC(C)CCC3Cl)CC2S1. The molecule has 0 saturated carbocycles. The number of hydrogen-bond donors (Lipinski definition) is 5. The Kier molecular flexibility index (Phi) is 9.18. The van der Waals surface area contributed by atoms with E-state index in [1.165, 1.54) is 0 Å². The van der Waals surface area contributed by atoms with Crippen LogP contribution >= 0.6 is 35.0 Å². The van der Waals surface area contributed by atoms with E-state index in [1.807, 2.05) is 4.90 Å². The van der Waals surface area contributed by atoms with E-state index in [9.17, 15) is 9.59 Å². The predicted molar refractivity (Wildman–Crippen MR) is 148 cm³/mol. The molecular weight excluding hydrogens is 535 g/mol. The first-order chi connectivity index (χ1) is 17.7. The monoisotopic (exact) mass is 576 g/mol. The molecule has 5 heterocycles. The third kappa shape index (κ3) is 6.21. The van der Waals surface area contributed by atoms with E-state index in [0.717, 1.165) is 25.7 Å². The van der Waals surface area contributed by atoms with Crippen molar-refractivity contribution in [3.63, 3.8) is 0 Å². The van der Waals surface area contributed by atoms with Crippen LogP contribution in [0.25, 0.3) is 0 Å². The van der Waals surface area contributed by atoms with Gasteiger partial charge < -0.3 is 25.6 Å². The van der Waals surface area contributed by atoms with Crippen molar-refractivity contribution in [1.82, 2.24) is 31.5 Å². The van der Waals surface area contributed by atoms with Crippen LogP contribution in [0, 0.1) is 17.8 Å². The molecule has 37 heavy (non-hydrogen) atoms. The highest BCUT2D eigenvalue weighted by Gasteiger charge is 2.48. The number of likely N-dealkylation sites (tertiary alicyclic amines) is 1. The number of piperidine rings is 3. The zero-order valence-corrected chi connectivity index (χ0v) is 24.2. The number of halogens is 2. The van der Waals surface area contributed by atoms with Gasteiger partial charge in [-0.1, -0.05) is 0 Å². The highest BCUT2D eigenvalue weighted by molar-refractivity contribution is 8.00. The van der Waals surface area contributed by atoms with Crippen molar-refractivity contribution in [1.29, 1.82) is 0 Å². The molecule has 5 aliphatic heterocycles. The number of alkyl halides is 2. The van der Waals surface area contributed by atoms with Crippen molar-refractivity contribution in [3.05, 3.63) is 0 Å². The molecule has 5 aliphatic rings. The Morgan fingerprint density at radius 3 is 2.57 bits per heavy atom. The van der Waals surface area contributed by atoms with E-state index in [-0.39, 0.29) is 69.4 Å². The quantitative estimate of drug-likeness (QED) is 0.242. The predicted octanol–water partition coefficient (Wildman–Crippen LogP) is 0.854. The molecule has 2 amide bonds. The number of carbonyl (C=O) groups excluding carboxylic acids is 2. The maximum atomic E-state index is 13.6. The van der Waals surface area contributed by atoms with Crippen LogP contribution < -0.4 is 26.6 Å². The van der Waals surface area contributed by atoms with Crippen LogP contribution in [0.4, 0.5) is 0 Å². The summed E-state index contributed by atoms with van der Waals surface area (Å²) in [5, 5.41) is 17.1. The number of thioether (sulfide) groups is 1. The smallest absolute Gasteiger partial charge is 0.241 e. The molecule has 12 atom stereocenters. The van der Waals surface area contributed by atoms with Gasteiger partial charge in [-0.2, -0.15) is 0 Å². The minimum absolute atomic E-state index is 0.0525. The maximum Gasteiger partial charge on any atom is 0.241 e. The molecule has 0 bridgehead atoms. The summed E-state index contributed by atoms with van der Waals surface area (Å²) in [6.07, 6.45) is 3.63. The summed E-state index contributed by atoms with van der Waals surface area (Å²) < 4.78 is 5.80. The van der Waals surface area contributed by atoms with Crippen molar-refractivity contribution >= 4 is 46.8 Å². The van der Waals surface area contributed by atoms with Crippen LogP contribution in [0.15, 0.2) is 0 Å². The van der Waals surface area contributed by atoms with E-state index < -0.39 is 0 Å². The summed E-state index contributed by atoms with van der Waals surface area (Å²) in [5.41, 5.74) is -0.246. The molecule has 12 heteroatoms. The van der Waals surface area contributed by atoms with Crippen LogP contribution in [-0.4, -0.2) is 102 Å². The second kappa shape index (κ2) is 12.0. The number of amides is 2. The van der Waals surface area contributed by atoms with Gasteiger partial charge in [0, 0.05) is 56.7 Å². The summed E-state index contributed by atoms with van der Waals surface area (Å²) in [4.78, 5) is 28.7. The van der Waals surface area contributed by atoms with Crippen molar-refractivity contribution in [2.75, 3.05) is 33.3 Å². The second-order valence-corrected chi connectivity index (χ2v) is 14.0. The van der Waals surface area contributed by atoms with Crippen LogP contribution in [0.2, 0.25) is 0 Å². The van der Waals surface area contributed by atoms with Crippen LogP contribution in [-0.2, 0) is 14.3 Å². The Hall–Kier alpha value is -0.330. The minimum atomic E-state index is -0.318. The summed E-state index contributed by atoms with van der Waals surface area (Å²) >= 11 is 14.7. The number of hydrogen-bond acceptors (Lipinski definition) is 8. The number of ether oxygens (including phenoxy) is 1. The molecule has 0 aromatic rings. The standard InChI is InChI=1S/C25H42Cl2N6O3S/c1-12-4-5-17(26)22(30-12)24(35)33-10-18-20(11-33)37-25(31-18)32-23(34)16-8-28-13(2)6-14(16)15-7-21(27)29-9-19(15)36-3/h12-22,25,28-31H,4-11H2,1-3H3,(H,32,34). The molecule has 12 unspecified atom stereocenters. The van der Waals surface area contributed by atoms with Crippen LogP contribution in [0.3, 0.4) is 0 Å². The number of nitrogens with one attached hydrogen (secondary N) is 5. The Balaban J connectivity index is 1.16. The minimum Gasteiger partial charge on any atom is -0.380 e. The normalized spacial score (nSPS) is 46.5. The Morgan fingerprint density at radius 2 is 1.81 bits per heavy atom. The summed E-state index contributed by atoms with van der Waals surface area (Å²) in [6.45, 7) is 6.97. The van der Waals surface area contributed by atoms with Gasteiger partial charge in [0.25, 0.3) is 0 Å². The van der Waals surface area contributed by atoms with Gasteiger partial charge in [0.1, 0.15) is 11.5 Å². The molecular formula is C25H42Cl2N6O3S. The molecule has 5 N–H and O–H groups in total. The molecule has 210 valence electrons. The van der Waals surface area contributed by atoms with Crippen molar-refractivity contribution in [2.45, 2.75) is 91.4 Å². The average molecular weight is 578 g/mol. The van der Waals surface area contributed by atoms with Gasteiger partial charge in [-0.05, 0) is 51.4 Å². The number of fused-ring (bicyclic) bond motifs is 1. The Bertz CT molecular complexity index is 830. The molecule has 0 radical (unpaired) electrons. The largest absolute Gasteiger partial charge is 0.380 e. The highest BCUT2D eigenvalue weighted by Crippen LogP contribution is 2.38. The van der Waals surface area contributed by atoms with E-state index in [1.54, 1.807) is 18.9 Å². The zero-order valence-electron chi connectivity index (χ0n) is 21.9. The van der Waals surface area contributed by atoms with Crippen molar-refractivity contribution in [3.8, 4) is 0 Å². The molecule has 0 spiro atoms. The van der Waals surface area contributed by atoms with Crippen molar-refractivity contribution < 1.29 is 14.3 Å². The topological polar surface area (TPSA) is 107 Å². The van der Waals surface area contributed by atoms with E-state index in [2.05, 4.69) is 40.4 Å². The summed E-state index contributed by atoms with van der Waals surface area (Å²) in [7, 11) is 1.75. The number of methoxy groups -OCH3 is 1. The van der Waals surface area contributed by atoms with Gasteiger partial charge in [-0.25, -0.2) is 0 Å². The number of rotatable bonds is 5. The highest BCUT2D eigenvalue weighted by atomic mass is 35.5. The second-order valence-electron chi connectivity index (χ2n) is 11.6. The van der Waals surface area contributed by atoms with Gasteiger partial charge >= 0.3 is 0 Å². The van der Waals surface area contributed by atoms with Crippen LogP contribution in [0.1, 0.15) is 39.5 Å². The molecule has 5 fully saturated rings. The van der Waals surface area contributed by atoms with E-state index >= 15 is 0 Å². The van der Waals surface area contributed by atoms with Gasteiger partial charge in [0.15, 0.2) is 0 Å². The lowest BCUT2D eigenvalue weighted by atomic mass is 9.70. The van der Waals surface area contributed by atoms with Gasteiger partial charge in [-0.15, -0.1) is 35.0 Å². The first-order valence-corrected chi connectivity index (χ1v) is 15.6. The Labute approximate surface area is 234 Å². The molecule has 0 aromatic heterocycles. The lowest BCUT2D eigenvalue weighted by molar-refractivity contribution is -0.133. The molecule has 0 aromatic carbocycles. The summed E-state index contributed by atoms with van der Waals surface area (Å²) in [6, 6.07) is 0.500. The molecule has 0 aliphatic carbocycles. The first-order valence-electron chi connectivity index (χ1n) is 13.8. The van der Waals surface area contributed by atoms with E-state index in [0.29, 0.717) is 38.3 Å². The molecule has 5 rings (SSSR count). The van der Waals surface area contributed by atoms with Crippen LogP contribution in [0.5, 0.6) is 0 Å². The average Bonchev–Trinajstić information content (AvgIpc) is 3.43. The van der Waals surface area contributed by atoms with Gasteiger partial charge in [-0.3, -0.25) is 20.2 Å². The lowest BCUT2D eigenvalue weighted by Crippen LogP contribution is -2.58. The zero-order chi connectivity index (χ0) is 26.3. The number of carbonyl (C=O) groups is 2. The van der Waals surface area contributed by atoms with Gasteiger partial charge in [0.2, 0.25) is 11.8 Å². The maximum absolute atomic E-state index is 13.6. The lowest BCUT2D eigenvalue weighted by Gasteiger charge is -2.45. The first kappa shape index (κ1) is 28.2. The number of nitrogens with zero attached hydrogens (tertiary/aromatic N) is 1. The fourth-order valence-corrected chi connectivity index (χ4v) is 8.95. The Morgan fingerprint density at radius 1 is 1.00 bits per heavy atom. The fraction of sp³-hybridized carbons (Fsp3) is 0.920. The fourth-order valence-electron chi connectivity index (χ4n) is 6.94. The summed E-state index contributed by atoms with van der Waals surface area (Å²) in [5.74, 6) is 0.479. The van der Waals surface area contributed by atoms with Gasteiger partial charge in [0.05, 0.1) is 22.9 Å².